The quantitative estimate of drug-likeness (QED) is 0.0438. The number of carbonyl (C=O) groups excluding carboxylic acids is 1. The van der Waals surface area contributed by atoms with Crippen molar-refractivity contribution in [3.8, 4) is 11.8 Å². The maximum Gasteiger partial charge on any atom is 0.307 e. The number of para-hydroxylation sites is 2. The minimum absolute atomic E-state index is 0.0336. The van der Waals surface area contributed by atoms with E-state index < -0.39 is 67.3 Å². The molecule has 1 aromatic heterocycles. The Hall–Kier alpha value is -8.68. The molecule has 1 unspecified atom stereocenters. The summed E-state index contributed by atoms with van der Waals surface area (Å²) in [5.74, 6) is 0.209. The third kappa shape index (κ3) is 16.6. The first kappa shape index (κ1) is 62.5. The summed E-state index contributed by atoms with van der Waals surface area (Å²) in [5.41, 5.74) is 7.99. The van der Waals surface area contributed by atoms with Crippen LogP contribution in [0, 0.1) is 0 Å². The number of fused-ring (bicyclic) bond motifs is 1. The molecule has 3 heterocycles. The summed E-state index contributed by atoms with van der Waals surface area (Å²) >= 11 is 0. The van der Waals surface area contributed by atoms with Crippen molar-refractivity contribution >= 4 is 16.9 Å². The van der Waals surface area contributed by atoms with Gasteiger partial charge < -0.3 is 56.8 Å². The number of rotatable bonds is 29. The second kappa shape index (κ2) is 31.9. The number of imidazole rings is 1. The number of hydrogen-bond donors (Lipinski definition) is 0. The molecule has 0 aliphatic carbocycles. The maximum absolute atomic E-state index is 15.0. The molecule has 0 N–H and O–H groups in total. The van der Waals surface area contributed by atoms with Crippen molar-refractivity contribution in [1.82, 2.24) is 9.55 Å². The van der Waals surface area contributed by atoms with Gasteiger partial charge in [0.25, 0.3) is 5.91 Å². The molecule has 466 valence electrons. The van der Waals surface area contributed by atoms with E-state index in [1.807, 2.05) is 237 Å². The van der Waals surface area contributed by atoms with Gasteiger partial charge in [0.05, 0.1) is 77.6 Å². The van der Waals surface area contributed by atoms with Gasteiger partial charge in [-0.3, -0.25) is 4.79 Å². The zero-order valence-electron chi connectivity index (χ0n) is 50.7. The number of aromatic nitrogens is 2. The molecule has 2 aliphatic rings. The van der Waals surface area contributed by atoms with Gasteiger partial charge in [-0.1, -0.05) is 224 Å². The van der Waals surface area contributed by atoms with Crippen LogP contribution in [-0.2, 0) is 93.6 Å². The van der Waals surface area contributed by atoms with Gasteiger partial charge in [-0.2, -0.15) is 4.98 Å². The molecule has 2 aliphatic heterocycles. The maximum atomic E-state index is 15.0. The van der Waals surface area contributed by atoms with Crippen LogP contribution in [0.15, 0.2) is 261 Å². The Morgan fingerprint density at radius 1 is 0.374 bits per heavy atom. The predicted molar refractivity (Wildman–Crippen MR) is 343 cm³/mol. The lowest BCUT2D eigenvalue weighted by Crippen LogP contribution is -2.64. The average molecular weight is 1220 g/mol. The molecule has 10 atom stereocenters. The standard InChI is InChI=1S/C76H74N2O13/c1-80-62-43-41-61(42-44-62)73(79)78-64-40-24-23-39-63(64)77-76(78)91-75-72(87-51-60-37-21-8-22-38-60)70(85-49-58-33-17-6-18-34-58)68(83-47-56-29-13-4-14-30-56)66(90-75)53-88-74-71(86-50-59-35-19-7-20-36-59)69(84-48-57-31-15-5-16-32-57)67(82-46-55-27-11-3-12-28-55)65(89-74)52-81-45-54-25-9-2-10-26-54/h2-44,65-72,74-75H,45-53H2,1H3/t65-,66-,67-,68-,69+,70+,71-,72-,74?,75-/m1/s1. The first-order valence-corrected chi connectivity index (χ1v) is 30.8. The Labute approximate surface area is 530 Å². The summed E-state index contributed by atoms with van der Waals surface area (Å²) in [4.78, 5) is 19.9. The van der Waals surface area contributed by atoms with Crippen LogP contribution in [0.2, 0.25) is 0 Å². The van der Waals surface area contributed by atoms with E-state index in [1.54, 1.807) is 31.4 Å². The van der Waals surface area contributed by atoms with Crippen molar-refractivity contribution in [2.24, 2.45) is 0 Å². The van der Waals surface area contributed by atoms with E-state index in [4.69, 9.17) is 61.8 Å². The lowest BCUT2D eigenvalue weighted by atomic mass is 9.96. The Morgan fingerprint density at radius 3 is 1.15 bits per heavy atom. The van der Waals surface area contributed by atoms with E-state index in [2.05, 4.69) is 0 Å². The number of nitrogens with zero attached hydrogens (tertiary/aromatic N) is 2. The molecule has 9 aromatic carbocycles. The van der Waals surface area contributed by atoms with Crippen molar-refractivity contribution in [2.45, 2.75) is 108 Å². The summed E-state index contributed by atoms with van der Waals surface area (Å²) in [5, 5.41) is 0. The number of carbonyl (C=O) groups is 1. The Morgan fingerprint density at radius 2 is 0.725 bits per heavy atom. The Bertz CT molecular complexity index is 3760. The first-order valence-electron chi connectivity index (χ1n) is 30.8. The van der Waals surface area contributed by atoms with Crippen LogP contribution >= 0.6 is 0 Å². The van der Waals surface area contributed by atoms with E-state index in [1.165, 1.54) is 4.57 Å². The summed E-state index contributed by atoms with van der Waals surface area (Å²) in [6.45, 7) is 1.37. The minimum atomic E-state index is -1.32. The van der Waals surface area contributed by atoms with Crippen LogP contribution in [0.1, 0.15) is 49.3 Å². The lowest BCUT2D eigenvalue weighted by molar-refractivity contribution is -0.347. The van der Waals surface area contributed by atoms with Gasteiger partial charge in [-0.25, -0.2) is 4.57 Å². The van der Waals surface area contributed by atoms with Gasteiger partial charge in [0, 0.05) is 5.56 Å². The van der Waals surface area contributed by atoms with Gasteiger partial charge in [-0.15, -0.1) is 0 Å². The van der Waals surface area contributed by atoms with Gasteiger partial charge in [0.1, 0.15) is 54.6 Å². The molecule has 12 rings (SSSR count). The van der Waals surface area contributed by atoms with Crippen molar-refractivity contribution in [3.63, 3.8) is 0 Å². The van der Waals surface area contributed by atoms with Crippen molar-refractivity contribution in [1.29, 1.82) is 0 Å². The zero-order valence-corrected chi connectivity index (χ0v) is 50.7. The van der Waals surface area contributed by atoms with E-state index in [0.29, 0.717) is 29.0 Å². The third-order valence-corrected chi connectivity index (χ3v) is 16.0. The minimum Gasteiger partial charge on any atom is -0.497 e. The molecule has 0 amide bonds. The highest BCUT2D eigenvalue weighted by Crippen LogP contribution is 2.37. The summed E-state index contributed by atoms with van der Waals surface area (Å²) in [7, 11) is 1.58. The predicted octanol–water partition coefficient (Wildman–Crippen LogP) is 13.3. The van der Waals surface area contributed by atoms with Crippen LogP contribution in [0.25, 0.3) is 11.0 Å². The van der Waals surface area contributed by atoms with Crippen LogP contribution in [0.4, 0.5) is 0 Å². The first-order chi connectivity index (χ1) is 45.0. The van der Waals surface area contributed by atoms with Crippen LogP contribution in [0.3, 0.4) is 0 Å². The van der Waals surface area contributed by atoms with Gasteiger partial charge in [0.2, 0.25) is 6.29 Å². The SMILES string of the molecule is COc1ccc(C(=O)n2c(O[C@H]3O[C@H](COC4O[C@H](COCc5ccccc5)[C@@H](OCc5ccccc5)[C@H](OCc5ccccc5)[C@H]4OCc4ccccc4)[C@@H](OCc4ccccc4)[C@H](OCc4ccccc4)[C@H]3OCc3ccccc3)nc3ccccc32)cc1. The Balaban J connectivity index is 0.946. The summed E-state index contributed by atoms with van der Waals surface area (Å²) in [6.07, 6.45) is -9.50. The second-order valence-corrected chi connectivity index (χ2v) is 22.4. The van der Waals surface area contributed by atoms with E-state index >= 15 is 0 Å². The van der Waals surface area contributed by atoms with Gasteiger partial charge in [-0.05, 0) is 75.3 Å². The monoisotopic (exact) mass is 1220 g/mol. The molecule has 15 nitrogen and oxygen atoms in total. The number of benzene rings is 9. The van der Waals surface area contributed by atoms with E-state index in [0.717, 1.165) is 38.9 Å². The van der Waals surface area contributed by atoms with E-state index in [9.17, 15) is 4.79 Å². The molecular formula is C76H74N2O13. The number of ether oxygens (including phenoxy) is 12. The highest BCUT2D eigenvalue weighted by Gasteiger charge is 2.53. The molecule has 0 bridgehead atoms. The summed E-state index contributed by atoms with van der Waals surface area (Å²) in [6, 6.07) is 83.9. The molecule has 0 saturated carbocycles. The fourth-order valence-corrected chi connectivity index (χ4v) is 11.3. The fraction of sp³-hybridized carbons (Fsp3) is 0.263. The molecule has 2 fully saturated rings. The molecule has 2 saturated heterocycles. The number of hydrogen-bond acceptors (Lipinski definition) is 14. The lowest BCUT2D eigenvalue weighted by Gasteiger charge is -2.48. The molecule has 10 aromatic rings. The highest BCUT2D eigenvalue weighted by atomic mass is 16.8. The van der Waals surface area contributed by atoms with Crippen LogP contribution < -0.4 is 9.47 Å². The van der Waals surface area contributed by atoms with Crippen molar-refractivity contribution in [2.75, 3.05) is 20.3 Å². The average Bonchev–Trinajstić information content (AvgIpc) is 1.82. The smallest absolute Gasteiger partial charge is 0.307 e. The largest absolute Gasteiger partial charge is 0.497 e. The van der Waals surface area contributed by atoms with Crippen LogP contribution in [0.5, 0.6) is 11.8 Å². The highest BCUT2D eigenvalue weighted by molar-refractivity contribution is 6.02. The van der Waals surface area contributed by atoms with Crippen molar-refractivity contribution in [3.05, 3.63) is 305 Å². The fourth-order valence-electron chi connectivity index (χ4n) is 11.3. The van der Waals surface area contributed by atoms with Crippen LogP contribution in [-0.4, -0.2) is 97.2 Å². The van der Waals surface area contributed by atoms with Crippen molar-refractivity contribution < 1.29 is 61.6 Å². The third-order valence-electron chi connectivity index (χ3n) is 16.0. The van der Waals surface area contributed by atoms with E-state index in [-0.39, 0.29) is 58.9 Å². The topological polar surface area (TPSA) is 146 Å². The molecule has 15 heteroatoms. The normalized spacial score (nSPS) is 21.5. The summed E-state index contributed by atoms with van der Waals surface area (Å²) < 4.78 is 85.1. The van der Waals surface area contributed by atoms with Gasteiger partial charge >= 0.3 is 6.01 Å². The molecular weight excluding hydrogens is 1150 g/mol. The van der Waals surface area contributed by atoms with Gasteiger partial charge in [0.15, 0.2) is 6.29 Å². The Kier molecular flexibility index (Phi) is 21.9. The molecule has 0 spiro atoms. The number of methoxy groups -OCH3 is 1. The molecule has 91 heavy (non-hydrogen) atoms. The second-order valence-electron chi connectivity index (χ2n) is 22.4. The molecule has 0 radical (unpaired) electrons. The zero-order chi connectivity index (χ0) is 61.8.